The van der Waals surface area contributed by atoms with Crippen LogP contribution in [0.25, 0.3) is 11.0 Å². The molecule has 2 aromatic heterocycles. The first-order valence-electron chi connectivity index (χ1n) is 3.84. The highest BCUT2D eigenvalue weighted by Gasteiger charge is 2.12. The van der Waals surface area contributed by atoms with E-state index in [0.29, 0.717) is 4.57 Å². The summed E-state index contributed by atoms with van der Waals surface area (Å²) in [6, 6.07) is 1.10. The Hall–Kier alpha value is -1.82. The SMILES string of the molecule is Cn1c(=O)oc2cc(Cl)oc(=O)c2c1=O. The van der Waals surface area contributed by atoms with Gasteiger partial charge in [0, 0.05) is 13.1 Å². The topological polar surface area (TPSA) is 82.4 Å². The van der Waals surface area contributed by atoms with Crippen LogP contribution in [-0.2, 0) is 7.05 Å². The molecule has 0 N–H and O–H groups in total. The van der Waals surface area contributed by atoms with E-state index >= 15 is 0 Å². The molecule has 0 aliphatic rings. The number of rotatable bonds is 0. The van der Waals surface area contributed by atoms with E-state index in [2.05, 4.69) is 4.42 Å². The first kappa shape index (κ1) is 9.72. The predicted octanol–water partition coefficient (Wildman–Crippen LogP) is 0.0983. The lowest BCUT2D eigenvalue weighted by molar-refractivity contribution is 0.468. The van der Waals surface area contributed by atoms with E-state index in [0.717, 1.165) is 6.07 Å². The number of fused-ring (bicyclic) bond motifs is 1. The zero-order valence-electron chi connectivity index (χ0n) is 7.44. The van der Waals surface area contributed by atoms with Crippen molar-refractivity contribution in [1.29, 1.82) is 0 Å². The fourth-order valence-electron chi connectivity index (χ4n) is 1.13. The van der Waals surface area contributed by atoms with Crippen LogP contribution in [0.4, 0.5) is 0 Å². The van der Waals surface area contributed by atoms with E-state index < -0.39 is 16.9 Å². The lowest BCUT2D eigenvalue weighted by Crippen LogP contribution is -2.32. The first-order chi connectivity index (χ1) is 7.00. The van der Waals surface area contributed by atoms with Gasteiger partial charge in [0.25, 0.3) is 5.56 Å². The lowest BCUT2D eigenvalue weighted by atomic mass is 10.3. The average molecular weight is 230 g/mol. The molecule has 0 fully saturated rings. The standard InChI is InChI=1S/C8H4ClNO5/c1-10-6(11)5-3(14-8(10)13)2-4(9)15-7(5)12/h2H,1H3. The second-order valence-corrected chi connectivity index (χ2v) is 3.18. The Balaban J connectivity index is 3.21. The molecule has 6 nitrogen and oxygen atoms in total. The second-order valence-electron chi connectivity index (χ2n) is 2.81. The van der Waals surface area contributed by atoms with Gasteiger partial charge in [0.15, 0.2) is 11.0 Å². The maximum atomic E-state index is 11.5. The predicted molar refractivity (Wildman–Crippen MR) is 51.3 cm³/mol. The molecule has 0 atom stereocenters. The minimum Gasteiger partial charge on any atom is -0.410 e. The Morgan fingerprint density at radius 1 is 1.27 bits per heavy atom. The molecule has 0 saturated carbocycles. The van der Waals surface area contributed by atoms with E-state index in [1.165, 1.54) is 7.05 Å². The van der Waals surface area contributed by atoms with Gasteiger partial charge in [0.1, 0.15) is 0 Å². The van der Waals surface area contributed by atoms with Crippen molar-refractivity contribution in [1.82, 2.24) is 4.57 Å². The third kappa shape index (κ3) is 1.39. The second kappa shape index (κ2) is 3.09. The first-order valence-corrected chi connectivity index (χ1v) is 4.22. The van der Waals surface area contributed by atoms with Crippen molar-refractivity contribution >= 4 is 22.6 Å². The van der Waals surface area contributed by atoms with Crippen LogP contribution in [-0.4, -0.2) is 4.57 Å². The summed E-state index contributed by atoms with van der Waals surface area (Å²) in [6.07, 6.45) is 0. The highest BCUT2D eigenvalue weighted by atomic mass is 35.5. The molecular formula is C8H4ClNO5. The van der Waals surface area contributed by atoms with E-state index in [1.807, 2.05) is 0 Å². The Kier molecular flexibility index (Phi) is 2.01. The Labute approximate surface area is 86.3 Å². The van der Waals surface area contributed by atoms with Crippen LogP contribution in [0.1, 0.15) is 0 Å². The molecule has 2 heterocycles. The van der Waals surface area contributed by atoms with Crippen molar-refractivity contribution < 1.29 is 8.83 Å². The molecule has 0 unspecified atom stereocenters. The summed E-state index contributed by atoms with van der Waals surface area (Å²) in [4.78, 5) is 33.8. The van der Waals surface area contributed by atoms with Gasteiger partial charge < -0.3 is 8.83 Å². The maximum Gasteiger partial charge on any atom is 0.422 e. The van der Waals surface area contributed by atoms with Crippen LogP contribution in [0.5, 0.6) is 0 Å². The lowest BCUT2D eigenvalue weighted by Gasteiger charge is -1.97. The Bertz CT molecular complexity index is 708. The minimum atomic E-state index is -0.929. The van der Waals surface area contributed by atoms with Crippen LogP contribution in [0.3, 0.4) is 0 Å². The van der Waals surface area contributed by atoms with Gasteiger partial charge in [-0.3, -0.25) is 4.79 Å². The normalized spacial score (nSPS) is 10.8. The molecule has 0 aromatic carbocycles. The molecule has 0 amide bonds. The molecule has 0 radical (unpaired) electrons. The Morgan fingerprint density at radius 2 is 1.93 bits per heavy atom. The highest BCUT2D eigenvalue weighted by Crippen LogP contribution is 2.10. The number of nitrogens with zero attached hydrogens (tertiary/aromatic N) is 1. The molecule has 0 saturated heterocycles. The van der Waals surface area contributed by atoms with E-state index in [1.54, 1.807) is 0 Å². The third-order valence-corrected chi connectivity index (χ3v) is 2.06. The van der Waals surface area contributed by atoms with Gasteiger partial charge in [0.05, 0.1) is 0 Å². The van der Waals surface area contributed by atoms with Gasteiger partial charge in [-0.1, -0.05) is 0 Å². The molecule has 2 rings (SSSR count). The largest absolute Gasteiger partial charge is 0.422 e. The smallest absolute Gasteiger partial charge is 0.410 e. The quantitative estimate of drug-likeness (QED) is 0.640. The van der Waals surface area contributed by atoms with Gasteiger partial charge in [0.2, 0.25) is 5.22 Å². The monoisotopic (exact) mass is 229 g/mol. The molecule has 2 aromatic rings. The summed E-state index contributed by atoms with van der Waals surface area (Å²) in [5.41, 5.74) is -1.88. The van der Waals surface area contributed by atoms with E-state index in [-0.39, 0.29) is 16.2 Å². The molecule has 0 spiro atoms. The molecular weight excluding hydrogens is 226 g/mol. The molecule has 15 heavy (non-hydrogen) atoms. The van der Waals surface area contributed by atoms with Crippen molar-refractivity contribution in [2.75, 3.05) is 0 Å². The van der Waals surface area contributed by atoms with Crippen LogP contribution >= 0.6 is 11.6 Å². The fraction of sp³-hybridized carbons (Fsp3) is 0.125. The van der Waals surface area contributed by atoms with Gasteiger partial charge in [-0.15, -0.1) is 0 Å². The zero-order valence-corrected chi connectivity index (χ0v) is 8.20. The zero-order chi connectivity index (χ0) is 11.2. The van der Waals surface area contributed by atoms with Crippen molar-refractivity contribution in [3.63, 3.8) is 0 Å². The molecule has 0 bridgehead atoms. The van der Waals surface area contributed by atoms with Crippen LogP contribution in [0.2, 0.25) is 5.22 Å². The number of halogens is 1. The summed E-state index contributed by atoms with van der Waals surface area (Å²) in [6.45, 7) is 0. The summed E-state index contributed by atoms with van der Waals surface area (Å²) >= 11 is 5.43. The fourth-order valence-corrected chi connectivity index (χ4v) is 1.30. The van der Waals surface area contributed by atoms with E-state index in [4.69, 9.17) is 16.0 Å². The maximum absolute atomic E-state index is 11.5. The number of hydrogen-bond acceptors (Lipinski definition) is 5. The summed E-state index contributed by atoms with van der Waals surface area (Å²) in [5, 5.41) is -0.578. The van der Waals surface area contributed by atoms with Crippen LogP contribution in [0, 0.1) is 0 Å². The highest BCUT2D eigenvalue weighted by molar-refractivity contribution is 6.29. The van der Waals surface area contributed by atoms with Gasteiger partial charge in [-0.05, 0) is 11.6 Å². The Morgan fingerprint density at radius 3 is 2.60 bits per heavy atom. The summed E-state index contributed by atoms with van der Waals surface area (Å²) in [7, 11) is 1.20. The van der Waals surface area contributed by atoms with Gasteiger partial charge >= 0.3 is 11.4 Å². The van der Waals surface area contributed by atoms with Crippen molar-refractivity contribution in [2.24, 2.45) is 7.05 Å². The van der Waals surface area contributed by atoms with Crippen molar-refractivity contribution in [3.8, 4) is 0 Å². The summed E-state index contributed by atoms with van der Waals surface area (Å²) < 4.78 is 9.87. The molecule has 0 aliphatic heterocycles. The van der Waals surface area contributed by atoms with Gasteiger partial charge in [-0.2, -0.15) is 0 Å². The molecule has 0 aliphatic carbocycles. The van der Waals surface area contributed by atoms with E-state index in [9.17, 15) is 14.4 Å². The van der Waals surface area contributed by atoms with Crippen molar-refractivity contribution in [3.05, 3.63) is 42.6 Å². The third-order valence-electron chi connectivity index (χ3n) is 1.87. The number of aromatic nitrogens is 1. The van der Waals surface area contributed by atoms with Crippen LogP contribution < -0.4 is 16.9 Å². The van der Waals surface area contributed by atoms with Gasteiger partial charge in [-0.25, -0.2) is 14.2 Å². The molecule has 78 valence electrons. The average Bonchev–Trinajstić information content (AvgIpc) is 2.13. The minimum absolute atomic E-state index is 0.177. The summed E-state index contributed by atoms with van der Waals surface area (Å²) in [5.74, 6) is -0.867. The molecule has 7 heteroatoms. The van der Waals surface area contributed by atoms with Crippen LogP contribution in [0.15, 0.2) is 29.3 Å². The number of hydrogen-bond donors (Lipinski definition) is 0. The van der Waals surface area contributed by atoms with Crippen molar-refractivity contribution in [2.45, 2.75) is 0 Å².